The van der Waals surface area contributed by atoms with E-state index in [-0.39, 0.29) is 5.75 Å². The van der Waals surface area contributed by atoms with Crippen molar-refractivity contribution in [3.8, 4) is 22.6 Å². The van der Waals surface area contributed by atoms with Gasteiger partial charge in [0.05, 0.1) is 5.69 Å². The van der Waals surface area contributed by atoms with Crippen molar-refractivity contribution < 1.29 is 17.9 Å². The molecule has 0 atom stereocenters. The summed E-state index contributed by atoms with van der Waals surface area (Å²) in [5.41, 5.74) is 2.47. The summed E-state index contributed by atoms with van der Waals surface area (Å²) in [4.78, 5) is 0. The minimum atomic E-state index is -4.74. The Morgan fingerprint density at radius 2 is 1.79 bits per heavy atom. The Labute approximate surface area is 144 Å². The Morgan fingerprint density at radius 1 is 1.08 bits per heavy atom. The summed E-state index contributed by atoms with van der Waals surface area (Å²) in [7, 11) is 0. The summed E-state index contributed by atoms with van der Waals surface area (Å²) in [5.74, 6) is -0.226. The van der Waals surface area contributed by atoms with Gasteiger partial charge in [-0.25, -0.2) is 4.68 Å². The molecular formula is C17H12BrF3N2O. The summed E-state index contributed by atoms with van der Waals surface area (Å²) >= 11 is 3.36. The molecule has 0 aliphatic carbocycles. The van der Waals surface area contributed by atoms with Crippen LogP contribution in [-0.4, -0.2) is 16.1 Å². The summed E-state index contributed by atoms with van der Waals surface area (Å²) in [6.45, 7) is 1.60. The molecule has 3 aromatic rings. The topological polar surface area (TPSA) is 27.1 Å². The fraction of sp³-hybridized carbons (Fsp3) is 0.118. The van der Waals surface area contributed by atoms with E-state index in [9.17, 15) is 13.2 Å². The number of alkyl halides is 3. The third-order valence-corrected chi connectivity index (χ3v) is 4.03. The molecule has 0 fully saturated rings. The van der Waals surface area contributed by atoms with Gasteiger partial charge in [0.1, 0.15) is 5.75 Å². The highest BCUT2D eigenvalue weighted by Crippen LogP contribution is 2.37. The summed E-state index contributed by atoms with van der Waals surface area (Å²) in [6.07, 6.45) is -1.39. The molecule has 0 aliphatic heterocycles. The first kappa shape index (κ1) is 16.6. The zero-order valence-corrected chi connectivity index (χ0v) is 14.1. The molecule has 24 heavy (non-hydrogen) atoms. The van der Waals surface area contributed by atoms with Gasteiger partial charge in [0.2, 0.25) is 0 Å². The van der Waals surface area contributed by atoms with Crippen LogP contribution in [-0.2, 0) is 0 Å². The van der Waals surface area contributed by atoms with Gasteiger partial charge in [0.25, 0.3) is 0 Å². The van der Waals surface area contributed by atoms with E-state index in [1.807, 2.05) is 24.3 Å². The number of benzene rings is 2. The average molecular weight is 397 g/mol. The monoisotopic (exact) mass is 396 g/mol. The van der Waals surface area contributed by atoms with E-state index in [1.165, 1.54) is 6.07 Å². The maximum absolute atomic E-state index is 12.6. The number of halogens is 4. The van der Waals surface area contributed by atoms with E-state index in [0.717, 1.165) is 10.0 Å². The van der Waals surface area contributed by atoms with E-state index in [0.29, 0.717) is 16.8 Å². The Hall–Kier alpha value is -2.28. The van der Waals surface area contributed by atoms with Gasteiger partial charge in [-0.05, 0) is 42.8 Å². The lowest BCUT2D eigenvalue weighted by molar-refractivity contribution is -0.274. The van der Waals surface area contributed by atoms with Crippen LogP contribution in [0.2, 0.25) is 0 Å². The van der Waals surface area contributed by atoms with Crippen LogP contribution in [0.4, 0.5) is 13.2 Å². The number of hydrogen-bond acceptors (Lipinski definition) is 2. The highest BCUT2D eigenvalue weighted by Gasteiger charge is 2.32. The Morgan fingerprint density at radius 3 is 2.38 bits per heavy atom. The van der Waals surface area contributed by atoms with Gasteiger partial charge in [-0.15, -0.1) is 13.2 Å². The van der Waals surface area contributed by atoms with Gasteiger partial charge in [-0.2, -0.15) is 5.10 Å². The second kappa shape index (κ2) is 6.32. The molecule has 0 bridgehead atoms. The molecule has 124 valence electrons. The van der Waals surface area contributed by atoms with E-state index in [2.05, 4.69) is 25.8 Å². The fourth-order valence-electron chi connectivity index (χ4n) is 2.50. The molecular weight excluding hydrogens is 385 g/mol. The molecule has 0 amide bonds. The van der Waals surface area contributed by atoms with Crippen LogP contribution in [0.1, 0.15) is 5.56 Å². The summed E-state index contributed by atoms with van der Waals surface area (Å²) < 4.78 is 44.6. The number of rotatable bonds is 3. The zero-order chi connectivity index (χ0) is 17.3. The van der Waals surface area contributed by atoms with Crippen molar-refractivity contribution >= 4 is 15.9 Å². The van der Waals surface area contributed by atoms with Gasteiger partial charge in [-0.3, -0.25) is 0 Å². The van der Waals surface area contributed by atoms with Crippen LogP contribution in [0.5, 0.6) is 5.75 Å². The molecule has 0 spiro atoms. The first-order valence-electron chi connectivity index (χ1n) is 7.00. The third kappa shape index (κ3) is 3.46. The molecule has 0 saturated carbocycles. The van der Waals surface area contributed by atoms with Gasteiger partial charge in [0.15, 0.2) is 0 Å². The van der Waals surface area contributed by atoms with Crippen molar-refractivity contribution in [2.24, 2.45) is 0 Å². The summed E-state index contributed by atoms with van der Waals surface area (Å²) in [5, 5.41) is 4.18. The average Bonchev–Trinajstić information content (AvgIpc) is 3.03. The number of ether oxygens (including phenoxy) is 1. The first-order chi connectivity index (χ1) is 11.3. The van der Waals surface area contributed by atoms with Gasteiger partial charge in [-0.1, -0.05) is 28.1 Å². The lowest BCUT2D eigenvalue weighted by Gasteiger charge is -2.18. The maximum atomic E-state index is 12.6. The SMILES string of the molecule is Cc1c(OC(F)(F)F)ccc(-n2cccn2)c1-c1ccc(Br)cc1. The van der Waals surface area contributed by atoms with Gasteiger partial charge < -0.3 is 4.74 Å². The van der Waals surface area contributed by atoms with Crippen LogP contribution >= 0.6 is 15.9 Å². The molecule has 7 heteroatoms. The largest absolute Gasteiger partial charge is 0.573 e. The molecule has 0 N–H and O–H groups in total. The van der Waals surface area contributed by atoms with E-state index < -0.39 is 6.36 Å². The second-order valence-corrected chi connectivity index (χ2v) is 6.00. The number of aromatic nitrogens is 2. The lowest BCUT2D eigenvalue weighted by atomic mass is 9.97. The first-order valence-corrected chi connectivity index (χ1v) is 7.80. The quantitative estimate of drug-likeness (QED) is 0.583. The standard InChI is InChI=1S/C17H12BrF3N2O/c1-11-15(24-17(19,20)21)8-7-14(23-10-2-9-22-23)16(11)12-3-5-13(18)6-4-12/h2-10H,1H3. The molecule has 0 saturated heterocycles. The van der Waals surface area contributed by atoms with Crippen molar-refractivity contribution in [3.05, 3.63) is 64.9 Å². The molecule has 2 aromatic carbocycles. The van der Waals surface area contributed by atoms with Crippen molar-refractivity contribution in [2.45, 2.75) is 13.3 Å². The van der Waals surface area contributed by atoms with Gasteiger partial charge in [0, 0.05) is 28.0 Å². The normalized spacial score (nSPS) is 11.5. The molecule has 0 radical (unpaired) electrons. The van der Waals surface area contributed by atoms with E-state index in [1.54, 1.807) is 36.1 Å². The summed E-state index contributed by atoms with van der Waals surface area (Å²) in [6, 6.07) is 12.0. The van der Waals surface area contributed by atoms with Gasteiger partial charge >= 0.3 is 6.36 Å². The number of hydrogen-bond donors (Lipinski definition) is 0. The molecule has 0 aliphatic rings. The Balaban J connectivity index is 2.21. The van der Waals surface area contributed by atoms with Crippen LogP contribution in [0.25, 0.3) is 16.8 Å². The fourth-order valence-corrected chi connectivity index (χ4v) is 2.76. The van der Waals surface area contributed by atoms with Crippen molar-refractivity contribution in [2.75, 3.05) is 0 Å². The minimum Gasteiger partial charge on any atom is -0.405 e. The van der Waals surface area contributed by atoms with Crippen molar-refractivity contribution in [1.29, 1.82) is 0 Å². The third-order valence-electron chi connectivity index (χ3n) is 3.50. The Kier molecular flexibility index (Phi) is 4.36. The number of nitrogens with zero attached hydrogens (tertiary/aromatic N) is 2. The van der Waals surface area contributed by atoms with Crippen LogP contribution in [0.15, 0.2) is 59.3 Å². The van der Waals surface area contributed by atoms with Crippen LogP contribution in [0, 0.1) is 6.92 Å². The molecule has 3 nitrogen and oxygen atoms in total. The van der Waals surface area contributed by atoms with E-state index in [4.69, 9.17) is 0 Å². The minimum absolute atomic E-state index is 0.226. The molecule has 1 aromatic heterocycles. The second-order valence-electron chi connectivity index (χ2n) is 5.09. The maximum Gasteiger partial charge on any atom is 0.573 e. The smallest absolute Gasteiger partial charge is 0.405 e. The van der Waals surface area contributed by atoms with Crippen LogP contribution < -0.4 is 4.74 Å². The molecule has 3 rings (SSSR count). The molecule has 1 heterocycles. The zero-order valence-electron chi connectivity index (χ0n) is 12.5. The van der Waals surface area contributed by atoms with Crippen LogP contribution in [0.3, 0.4) is 0 Å². The lowest BCUT2D eigenvalue weighted by Crippen LogP contribution is -2.18. The van der Waals surface area contributed by atoms with E-state index >= 15 is 0 Å². The highest BCUT2D eigenvalue weighted by molar-refractivity contribution is 9.10. The predicted octanol–water partition coefficient (Wildman–Crippen LogP) is 5.51. The van der Waals surface area contributed by atoms with Crippen molar-refractivity contribution in [3.63, 3.8) is 0 Å². The van der Waals surface area contributed by atoms with Crippen molar-refractivity contribution in [1.82, 2.24) is 9.78 Å². The molecule has 0 unspecified atom stereocenters. The Bertz CT molecular complexity index is 844. The highest BCUT2D eigenvalue weighted by atomic mass is 79.9. The predicted molar refractivity (Wildman–Crippen MR) is 88.1 cm³/mol.